The van der Waals surface area contributed by atoms with Crippen molar-refractivity contribution in [2.45, 2.75) is 0 Å². The molecule has 0 heterocycles. The van der Waals surface area contributed by atoms with Gasteiger partial charge in [-0.15, -0.1) is 12.4 Å². The number of hydrogen-bond donors (Lipinski definition) is 2. The van der Waals surface area contributed by atoms with Gasteiger partial charge in [-0.25, -0.2) is 0 Å². The smallest absolute Gasteiger partial charge is 0.264 e. The molecule has 60 valence electrons. The van der Waals surface area contributed by atoms with Crippen LogP contribution in [0.25, 0.3) is 0 Å². The molecule has 0 spiro atoms. The van der Waals surface area contributed by atoms with Crippen molar-refractivity contribution < 1.29 is 17.5 Å². The van der Waals surface area contributed by atoms with Crippen LogP contribution in [0.5, 0.6) is 0 Å². The second-order valence-electron chi connectivity index (χ2n) is 0.506. The van der Waals surface area contributed by atoms with Crippen LogP contribution in [0.1, 0.15) is 0 Å². The van der Waals surface area contributed by atoms with Crippen LogP contribution in [0.15, 0.2) is 0 Å². The molecular weight excluding hydrogens is 234 g/mol. The fourth-order valence-corrected chi connectivity index (χ4v) is 0. The van der Waals surface area contributed by atoms with Crippen LogP contribution < -0.4 is 0 Å². The van der Waals surface area contributed by atoms with Gasteiger partial charge in [-0.2, -0.15) is 8.42 Å². The first kappa shape index (κ1) is 16.6. The molecule has 2 N–H and O–H groups in total. The van der Waals surface area contributed by atoms with Crippen molar-refractivity contribution in [3.05, 3.63) is 0 Å². The third-order valence-electron chi connectivity index (χ3n) is 0. The van der Waals surface area contributed by atoms with Gasteiger partial charge in [-0.3, -0.25) is 9.11 Å². The average molecular weight is 238 g/mol. The summed E-state index contributed by atoms with van der Waals surface area (Å²) in [5, 5.41) is 0. The number of halogens is 3. The maximum Gasteiger partial charge on any atom is 0.394 e. The molecule has 0 aliphatic heterocycles. The Balaban J connectivity index is -0.0000000800. The van der Waals surface area contributed by atoms with Crippen LogP contribution in [-0.2, 0) is 10.4 Å². The summed E-state index contributed by atoms with van der Waals surface area (Å²) in [6, 6.07) is 0. The van der Waals surface area contributed by atoms with E-state index in [0.717, 1.165) is 0 Å². The molecule has 0 aromatic carbocycles. The molecule has 0 saturated carbocycles. The fraction of sp³-hybridized carbons (Fsp3) is 0. The Morgan fingerprint density at radius 1 is 1.22 bits per heavy atom. The van der Waals surface area contributed by atoms with E-state index in [2.05, 4.69) is 21.4 Å². The molecule has 4 nitrogen and oxygen atoms in total. The molecule has 0 aromatic heterocycles. The SMILES string of the molecule is Cl.ClSCl.O=S(=O)(O)O. The summed E-state index contributed by atoms with van der Waals surface area (Å²) in [4.78, 5) is 0. The molecule has 0 unspecified atom stereocenters. The van der Waals surface area contributed by atoms with E-state index >= 15 is 0 Å². The first-order valence-corrected chi connectivity index (χ1v) is 4.87. The Labute approximate surface area is 71.9 Å². The molecule has 0 bridgehead atoms. The number of rotatable bonds is 0. The molecule has 0 atom stereocenters. The lowest BCUT2D eigenvalue weighted by atomic mass is 15.8. The zero-order valence-electron chi connectivity index (χ0n) is 3.69. The molecule has 9 heavy (non-hydrogen) atoms. The second-order valence-corrected chi connectivity index (χ2v) is 2.92. The topological polar surface area (TPSA) is 74.6 Å². The van der Waals surface area contributed by atoms with Gasteiger partial charge in [-0.1, -0.05) is 0 Å². The molecular formula is H3Cl3O4S2. The maximum atomic E-state index is 8.74. The highest BCUT2D eigenvalue weighted by Gasteiger charge is 1.84. The highest BCUT2D eigenvalue weighted by atomic mass is 36.0. The van der Waals surface area contributed by atoms with Gasteiger partial charge in [0.2, 0.25) is 0 Å². The molecule has 0 amide bonds. The van der Waals surface area contributed by atoms with Gasteiger partial charge >= 0.3 is 10.4 Å². The Morgan fingerprint density at radius 3 is 1.22 bits per heavy atom. The highest BCUT2D eigenvalue weighted by molar-refractivity contribution is 8.38. The van der Waals surface area contributed by atoms with E-state index in [4.69, 9.17) is 17.5 Å². The Morgan fingerprint density at radius 2 is 1.22 bits per heavy atom. The van der Waals surface area contributed by atoms with Gasteiger partial charge in [0.25, 0.3) is 0 Å². The van der Waals surface area contributed by atoms with E-state index in [1.807, 2.05) is 0 Å². The van der Waals surface area contributed by atoms with Crippen molar-refractivity contribution in [1.82, 2.24) is 0 Å². The summed E-state index contributed by atoms with van der Waals surface area (Å²) in [5.41, 5.74) is 0. The van der Waals surface area contributed by atoms with Gasteiger partial charge in [0.1, 0.15) is 0 Å². The molecule has 0 fully saturated rings. The lowest BCUT2D eigenvalue weighted by molar-refractivity contribution is 0.381. The predicted octanol–water partition coefficient (Wildman–Crippen LogP) is 1.80. The minimum Gasteiger partial charge on any atom is -0.264 e. The van der Waals surface area contributed by atoms with E-state index in [-0.39, 0.29) is 12.4 Å². The minimum absolute atomic E-state index is 0. The van der Waals surface area contributed by atoms with E-state index < -0.39 is 10.4 Å². The van der Waals surface area contributed by atoms with Crippen LogP contribution in [0, 0.1) is 0 Å². The lowest BCUT2D eigenvalue weighted by Crippen LogP contribution is -1.89. The van der Waals surface area contributed by atoms with Crippen molar-refractivity contribution in [2.75, 3.05) is 0 Å². The van der Waals surface area contributed by atoms with Gasteiger partial charge in [0.05, 0.1) is 10.2 Å². The summed E-state index contributed by atoms with van der Waals surface area (Å²) in [6.07, 6.45) is 0. The van der Waals surface area contributed by atoms with E-state index in [9.17, 15) is 0 Å². The van der Waals surface area contributed by atoms with Crippen LogP contribution in [0.3, 0.4) is 0 Å². The average Bonchev–Trinajstić information content (AvgIpc) is 1.27. The van der Waals surface area contributed by atoms with Crippen molar-refractivity contribution in [3.8, 4) is 0 Å². The lowest BCUT2D eigenvalue weighted by Gasteiger charge is -1.68. The first-order chi connectivity index (χ1) is 3.41. The molecule has 0 rings (SSSR count). The van der Waals surface area contributed by atoms with Crippen LogP contribution in [-0.4, -0.2) is 17.5 Å². The number of hydrogen-bond acceptors (Lipinski definition) is 3. The van der Waals surface area contributed by atoms with Gasteiger partial charge < -0.3 is 0 Å². The summed E-state index contributed by atoms with van der Waals surface area (Å²) < 4.78 is 31.6. The summed E-state index contributed by atoms with van der Waals surface area (Å²) in [5.74, 6) is 0. The Hall–Kier alpha value is 1.09. The molecule has 0 aliphatic rings. The molecule has 0 aliphatic carbocycles. The van der Waals surface area contributed by atoms with Crippen molar-refractivity contribution >= 4 is 54.4 Å². The summed E-state index contributed by atoms with van der Waals surface area (Å²) >= 11 is 0. The second kappa shape index (κ2) is 9.09. The van der Waals surface area contributed by atoms with E-state index in [0.29, 0.717) is 10.2 Å². The molecule has 0 saturated heterocycles. The Bertz CT molecular complexity index is 108. The fourth-order valence-electron chi connectivity index (χ4n) is 0. The largest absolute Gasteiger partial charge is 0.394 e. The molecule has 9 heteroatoms. The highest BCUT2D eigenvalue weighted by Crippen LogP contribution is 2.08. The summed E-state index contributed by atoms with van der Waals surface area (Å²) in [6.45, 7) is 0. The van der Waals surface area contributed by atoms with Gasteiger partial charge in [-0.05, 0) is 21.4 Å². The van der Waals surface area contributed by atoms with E-state index in [1.165, 1.54) is 0 Å². The van der Waals surface area contributed by atoms with Crippen LogP contribution in [0.2, 0.25) is 0 Å². The van der Waals surface area contributed by atoms with Crippen LogP contribution in [0.4, 0.5) is 0 Å². The quantitative estimate of drug-likeness (QED) is 0.628. The minimum atomic E-state index is -4.67. The normalized spacial score (nSPS) is 8.44. The van der Waals surface area contributed by atoms with Crippen LogP contribution >= 0.6 is 44.0 Å². The predicted molar refractivity (Wildman–Crippen MR) is 40.7 cm³/mol. The van der Waals surface area contributed by atoms with E-state index in [1.54, 1.807) is 0 Å². The molecule has 0 aromatic rings. The third-order valence-corrected chi connectivity index (χ3v) is 0. The van der Waals surface area contributed by atoms with Crippen molar-refractivity contribution in [3.63, 3.8) is 0 Å². The van der Waals surface area contributed by atoms with Crippen molar-refractivity contribution in [2.24, 2.45) is 0 Å². The standard InChI is InChI=1S/Cl2S.ClH.H2O4S/c1-3-2;;1-5(2,3)4/h;1H;(H2,1,2,3,4). The van der Waals surface area contributed by atoms with Crippen molar-refractivity contribution in [1.29, 1.82) is 0 Å². The Kier molecular flexibility index (Phi) is 16.8. The molecule has 0 radical (unpaired) electrons. The maximum absolute atomic E-state index is 8.74. The monoisotopic (exact) mass is 236 g/mol. The van der Waals surface area contributed by atoms with Gasteiger partial charge in [0.15, 0.2) is 0 Å². The first-order valence-electron chi connectivity index (χ1n) is 1.01. The van der Waals surface area contributed by atoms with Gasteiger partial charge in [0, 0.05) is 0 Å². The summed E-state index contributed by atoms with van der Waals surface area (Å²) in [7, 11) is 5.39. The zero-order valence-corrected chi connectivity index (χ0v) is 7.65. The third kappa shape index (κ3) is 385. The zero-order chi connectivity index (χ0) is 7.21.